The van der Waals surface area contributed by atoms with Crippen LogP contribution in [0.2, 0.25) is 0 Å². The average Bonchev–Trinajstić information content (AvgIpc) is 3.13. The third-order valence-corrected chi connectivity index (χ3v) is 9.63. The van der Waals surface area contributed by atoms with Gasteiger partial charge in [-0.05, 0) is 83.5 Å². The van der Waals surface area contributed by atoms with E-state index in [1.54, 1.807) is 6.08 Å². The quantitative estimate of drug-likeness (QED) is 0.0334. The average molecular weight is 718 g/mol. The molecule has 3 N–H and O–H groups in total. The summed E-state index contributed by atoms with van der Waals surface area (Å²) in [6.45, 7) is 4.76. The van der Waals surface area contributed by atoms with Crippen molar-refractivity contribution in [3.63, 3.8) is 0 Å². The normalized spacial score (nSPS) is 13.1. The molecule has 6 nitrogen and oxygen atoms in total. The van der Waals surface area contributed by atoms with Crippen LogP contribution in [0.25, 0.3) is 0 Å². The van der Waals surface area contributed by atoms with Gasteiger partial charge in [0.1, 0.15) is 0 Å². The van der Waals surface area contributed by atoms with Gasteiger partial charge in [0.05, 0.1) is 25.4 Å². The first-order valence-corrected chi connectivity index (χ1v) is 21.8. The Balaban J connectivity index is 3.57. The Morgan fingerprint density at radius 1 is 0.529 bits per heavy atom. The zero-order chi connectivity index (χ0) is 37.3. The monoisotopic (exact) mass is 718 g/mol. The maximum absolute atomic E-state index is 12.3. The molecule has 0 radical (unpaired) electrons. The van der Waals surface area contributed by atoms with Crippen molar-refractivity contribution in [2.45, 2.75) is 225 Å². The van der Waals surface area contributed by atoms with E-state index in [-0.39, 0.29) is 18.5 Å². The molecule has 0 bridgehead atoms. The Bertz CT molecular complexity index is 838. The molecule has 0 aromatic heterocycles. The lowest BCUT2D eigenvalue weighted by Gasteiger charge is -2.20. The van der Waals surface area contributed by atoms with Gasteiger partial charge in [-0.25, -0.2) is 0 Å². The Labute approximate surface area is 315 Å². The second-order valence-corrected chi connectivity index (χ2v) is 14.7. The number of aliphatic hydroxyl groups excluding tert-OH is 2. The smallest absolute Gasteiger partial charge is 0.305 e. The predicted molar refractivity (Wildman–Crippen MR) is 218 cm³/mol. The van der Waals surface area contributed by atoms with E-state index >= 15 is 0 Å². The first-order chi connectivity index (χ1) is 25.0. The van der Waals surface area contributed by atoms with Gasteiger partial charge in [0.25, 0.3) is 0 Å². The molecule has 0 heterocycles. The highest BCUT2D eigenvalue weighted by atomic mass is 16.5. The lowest BCUT2D eigenvalue weighted by molar-refractivity contribution is -0.143. The largest absolute Gasteiger partial charge is 0.466 e. The number of rotatable bonds is 39. The third-order valence-electron chi connectivity index (χ3n) is 9.63. The summed E-state index contributed by atoms with van der Waals surface area (Å²) >= 11 is 0. The molecule has 6 heteroatoms. The lowest BCUT2D eigenvalue weighted by atomic mass is 10.1. The summed E-state index contributed by atoms with van der Waals surface area (Å²) in [5.41, 5.74) is 0. The molecule has 298 valence electrons. The van der Waals surface area contributed by atoms with Crippen LogP contribution in [0.1, 0.15) is 213 Å². The van der Waals surface area contributed by atoms with Crippen LogP contribution in [0.5, 0.6) is 0 Å². The summed E-state index contributed by atoms with van der Waals surface area (Å²) in [5.74, 6) is -0.146. The molecule has 0 aromatic rings. The van der Waals surface area contributed by atoms with Crippen LogP contribution >= 0.6 is 0 Å². The van der Waals surface area contributed by atoms with Crippen LogP contribution in [0, 0.1) is 0 Å². The Kier molecular flexibility index (Phi) is 39.3. The minimum Gasteiger partial charge on any atom is -0.466 e. The second kappa shape index (κ2) is 40.8. The number of esters is 1. The van der Waals surface area contributed by atoms with Crippen molar-refractivity contribution in [1.82, 2.24) is 5.32 Å². The van der Waals surface area contributed by atoms with Crippen molar-refractivity contribution in [2.75, 3.05) is 13.2 Å². The summed E-state index contributed by atoms with van der Waals surface area (Å²) in [5, 5.41) is 22.8. The molecule has 0 aliphatic rings. The van der Waals surface area contributed by atoms with E-state index in [0.29, 0.717) is 19.4 Å². The zero-order valence-corrected chi connectivity index (χ0v) is 33.6. The fourth-order valence-corrected chi connectivity index (χ4v) is 6.21. The van der Waals surface area contributed by atoms with Crippen molar-refractivity contribution in [3.05, 3.63) is 36.5 Å². The van der Waals surface area contributed by atoms with E-state index in [9.17, 15) is 19.8 Å². The minimum atomic E-state index is -0.860. The standard InChI is InChI=1S/C45H83NO5/c1-3-5-7-9-11-13-15-16-19-23-27-31-35-39-45(50)51-40-36-32-28-24-20-17-18-22-26-30-34-38-44(49)46-42(41-47)43(48)37-33-29-25-21-14-12-10-8-6-4-2/h13,15,20,24,33,37,42-43,47-48H,3-12,14,16-19,21-23,25-32,34-36,38-41H2,1-2H3,(H,46,49)/b15-13-,24-20-,37-33+. The molecular formula is C45H83NO5. The molecule has 0 saturated heterocycles. The summed E-state index contributed by atoms with van der Waals surface area (Å²) in [6.07, 6.45) is 47.0. The SMILES string of the molecule is CCCCCC/C=C\CCCCCCCC(=O)OCCCC/C=C\CCCCCCCC(=O)NC(CO)C(O)/C=C/CCCCCCCCCC. The number of nitrogens with one attached hydrogen (secondary N) is 1. The number of amides is 1. The first-order valence-electron chi connectivity index (χ1n) is 21.8. The van der Waals surface area contributed by atoms with Gasteiger partial charge < -0.3 is 20.3 Å². The lowest BCUT2D eigenvalue weighted by Crippen LogP contribution is -2.45. The molecular weight excluding hydrogens is 634 g/mol. The maximum atomic E-state index is 12.3. The minimum absolute atomic E-state index is 0.0439. The van der Waals surface area contributed by atoms with Crippen LogP contribution < -0.4 is 5.32 Å². The van der Waals surface area contributed by atoms with Crippen molar-refractivity contribution < 1.29 is 24.5 Å². The second-order valence-electron chi connectivity index (χ2n) is 14.7. The number of carbonyl (C=O) groups is 2. The van der Waals surface area contributed by atoms with E-state index < -0.39 is 12.1 Å². The fraction of sp³-hybridized carbons (Fsp3) is 0.822. The summed E-state index contributed by atoms with van der Waals surface area (Å²) in [6, 6.07) is -0.647. The fourth-order valence-electron chi connectivity index (χ4n) is 6.21. The molecule has 0 saturated carbocycles. The molecule has 0 spiro atoms. The van der Waals surface area contributed by atoms with E-state index in [4.69, 9.17) is 4.74 Å². The van der Waals surface area contributed by atoms with Crippen molar-refractivity contribution >= 4 is 11.9 Å². The van der Waals surface area contributed by atoms with E-state index in [1.165, 1.54) is 103 Å². The topological polar surface area (TPSA) is 95.9 Å². The zero-order valence-electron chi connectivity index (χ0n) is 33.6. The molecule has 0 aliphatic heterocycles. The van der Waals surface area contributed by atoms with Crippen molar-refractivity contribution in [2.24, 2.45) is 0 Å². The number of unbranched alkanes of at least 4 members (excludes halogenated alkanes) is 24. The van der Waals surface area contributed by atoms with Crippen LogP contribution in [0.4, 0.5) is 0 Å². The van der Waals surface area contributed by atoms with E-state index in [0.717, 1.165) is 83.5 Å². The number of carbonyl (C=O) groups excluding carboxylic acids is 2. The van der Waals surface area contributed by atoms with E-state index in [1.807, 2.05) is 6.08 Å². The third kappa shape index (κ3) is 37.6. The number of allylic oxidation sites excluding steroid dienone is 5. The summed E-state index contributed by atoms with van der Waals surface area (Å²) in [4.78, 5) is 24.3. The first kappa shape index (κ1) is 49.1. The van der Waals surface area contributed by atoms with Gasteiger partial charge in [0.2, 0.25) is 5.91 Å². The van der Waals surface area contributed by atoms with Gasteiger partial charge in [0.15, 0.2) is 0 Å². The predicted octanol–water partition coefficient (Wildman–Crippen LogP) is 12.2. The van der Waals surface area contributed by atoms with Crippen molar-refractivity contribution in [1.29, 1.82) is 0 Å². The summed E-state index contributed by atoms with van der Waals surface area (Å²) < 4.78 is 5.41. The van der Waals surface area contributed by atoms with Gasteiger partial charge in [-0.2, -0.15) is 0 Å². The highest BCUT2D eigenvalue weighted by Crippen LogP contribution is 2.12. The van der Waals surface area contributed by atoms with Gasteiger partial charge >= 0.3 is 5.97 Å². The van der Waals surface area contributed by atoms with Crippen LogP contribution in [-0.4, -0.2) is 47.4 Å². The van der Waals surface area contributed by atoms with Gasteiger partial charge in [-0.15, -0.1) is 0 Å². The highest BCUT2D eigenvalue weighted by molar-refractivity contribution is 5.76. The number of ether oxygens (including phenoxy) is 1. The molecule has 51 heavy (non-hydrogen) atoms. The van der Waals surface area contributed by atoms with Crippen LogP contribution in [-0.2, 0) is 14.3 Å². The maximum Gasteiger partial charge on any atom is 0.305 e. The van der Waals surface area contributed by atoms with Crippen molar-refractivity contribution in [3.8, 4) is 0 Å². The van der Waals surface area contributed by atoms with Gasteiger partial charge in [0, 0.05) is 12.8 Å². The molecule has 2 atom stereocenters. The van der Waals surface area contributed by atoms with Gasteiger partial charge in [-0.3, -0.25) is 9.59 Å². The number of aliphatic hydroxyl groups is 2. The number of hydrogen-bond donors (Lipinski definition) is 3. The molecule has 0 aromatic carbocycles. The highest BCUT2D eigenvalue weighted by Gasteiger charge is 2.17. The van der Waals surface area contributed by atoms with Crippen LogP contribution in [0.3, 0.4) is 0 Å². The number of hydrogen-bond acceptors (Lipinski definition) is 5. The summed E-state index contributed by atoms with van der Waals surface area (Å²) in [7, 11) is 0. The Morgan fingerprint density at radius 3 is 1.41 bits per heavy atom. The Hall–Kier alpha value is -1.92. The Morgan fingerprint density at radius 2 is 0.922 bits per heavy atom. The van der Waals surface area contributed by atoms with Gasteiger partial charge in [-0.1, -0.05) is 153 Å². The molecule has 0 rings (SSSR count). The molecule has 0 fully saturated rings. The molecule has 0 aliphatic carbocycles. The van der Waals surface area contributed by atoms with Crippen LogP contribution in [0.15, 0.2) is 36.5 Å². The molecule has 1 amide bonds. The molecule has 2 unspecified atom stereocenters. The van der Waals surface area contributed by atoms with E-state index in [2.05, 4.69) is 43.5 Å².